The first-order valence-electron chi connectivity index (χ1n) is 6.00. The van der Waals surface area contributed by atoms with Crippen molar-refractivity contribution in [3.63, 3.8) is 0 Å². The summed E-state index contributed by atoms with van der Waals surface area (Å²) < 4.78 is 1.50. The fraction of sp³-hybridized carbons (Fsp3) is 0.0714. The molecule has 0 radical (unpaired) electrons. The van der Waals surface area contributed by atoms with Gasteiger partial charge in [0.1, 0.15) is 5.65 Å². The Balaban J connectivity index is 2.15. The van der Waals surface area contributed by atoms with Crippen LogP contribution in [0.15, 0.2) is 57.2 Å². The monoisotopic (exact) mass is 284 g/mol. The standard InChI is InChI=1S/C14H12N4OS/c1-18-12-9(8-16-14(15)17-12)7-11(13(18)19)20-10-5-3-2-4-6-10/h2-8H,1H3,(H2,15,16,17). The van der Waals surface area contributed by atoms with Gasteiger partial charge in [-0.05, 0) is 18.2 Å². The van der Waals surface area contributed by atoms with E-state index in [9.17, 15) is 4.79 Å². The summed E-state index contributed by atoms with van der Waals surface area (Å²) in [4.78, 5) is 22.1. The Labute approximate surface area is 119 Å². The Morgan fingerprint density at radius 2 is 2.00 bits per heavy atom. The molecule has 1 aromatic carbocycles. The zero-order valence-electron chi connectivity index (χ0n) is 10.8. The molecule has 0 aliphatic rings. The number of rotatable bonds is 2. The highest BCUT2D eigenvalue weighted by atomic mass is 32.2. The second-order valence-corrected chi connectivity index (χ2v) is 5.41. The van der Waals surface area contributed by atoms with E-state index in [-0.39, 0.29) is 11.5 Å². The number of hydrogen-bond donors (Lipinski definition) is 1. The van der Waals surface area contributed by atoms with Gasteiger partial charge >= 0.3 is 0 Å². The Morgan fingerprint density at radius 1 is 1.25 bits per heavy atom. The Hall–Kier alpha value is -2.34. The number of nitrogens with zero attached hydrogens (tertiary/aromatic N) is 3. The first-order valence-corrected chi connectivity index (χ1v) is 6.82. The summed E-state index contributed by atoms with van der Waals surface area (Å²) in [6.45, 7) is 0. The molecule has 20 heavy (non-hydrogen) atoms. The normalized spacial score (nSPS) is 10.8. The summed E-state index contributed by atoms with van der Waals surface area (Å²) in [5.74, 6) is 0.163. The van der Waals surface area contributed by atoms with Crippen LogP contribution in [-0.2, 0) is 7.05 Å². The predicted molar refractivity (Wildman–Crippen MR) is 79.8 cm³/mol. The van der Waals surface area contributed by atoms with E-state index in [2.05, 4.69) is 9.97 Å². The summed E-state index contributed by atoms with van der Waals surface area (Å²) in [6, 6.07) is 11.6. The van der Waals surface area contributed by atoms with Gasteiger partial charge in [0.2, 0.25) is 5.95 Å². The molecule has 0 aliphatic heterocycles. The van der Waals surface area contributed by atoms with Gasteiger partial charge in [-0.2, -0.15) is 4.98 Å². The van der Waals surface area contributed by atoms with Gasteiger partial charge in [0.15, 0.2) is 0 Å². The minimum Gasteiger partial charge on any atom is -0.368 e. The lowest BCUT2D eigenvalue weighted by Gasteiger charge is -2.07. The van der Waals surface area contributed by atoms with Gasteiger partial charge in [0, 0.05) is 23.5 Å². The average molecular weight is 284 g/mol. The third kappa shape index (κ3) is 2.25. The molecule has 0 fully saturated rings. The Morgan fingerprint density at radius 3 is 2.75 bits per heavy atom. The van der Waals surface area contributed by atoms with E-state index < -0.39 is 0 Å². The van der Waals surface area contributed by atoms with E-state index in [4.69, 9.17) is 5.73 Å². The van der Waals surface area contributed by atoms with Gasteiger partial charge in [0.05, 0.1) is 4.90 Å². The number of anilines is 1. The molecule has 5 nitrogen and oxygen atoms in total. The smallest absolute Gasteiger partial charge is 0.265 e. The van der Waals surface area contributed by atoms with Gasteiger partial charge in [-0.3, -0.25) is 9.36 Å². The van der Waals surface area contributed by atoms with Crippen LogP contribution < -0.4 is 11.3 Å². The third-order valence-electron chi connectivity index (χ3n) is 2.91. The lowest BCUT2D eigenvalue weighted by atomic mass is 10.3. The van der Waals surface area contributed by atoms with E-state index in [1.165, 1.54) is 16.3 Å². The lowest BCUT2D eigenvalue weighted by Crippen LogP contribution is -2.19. The van der Waals surface area contributed by atoms with Crippen molar-refractivity contribution < 1.29 is 0 Å². The number of fused-ring (bicyclic) bond motifs is 1. The highest BCUT2D eigenvalue weighted by Gasteiger charge is 2.09. The van der Waals surface area contributed by atoms with Crippen LogP contribution in [0.3, 0.4) is 0 Å². The average Bonchev–Trinajstić information content (AvgIpc) is 2.46. The van der Waals surface area contributed by atoms with Gasteiger partial charge in [-0.25, -0.2) is 4.98 Å². The molecular formula is C14H12N4OS. The molecular weight excluding hydrogens is 272 g/mol. The van der Waals surface area contributed by atoms with E-state index >= 15 is 0 Å². The number of benzene rings is 1. The van der Waals surface area contributed by atoms with E-state index in [1.807, 2.05) is 30.3 Å². The molecule has 2 aromatic heterocycles. The molecule has 0 unspecified atom stereocenters. The van der Waals surface area contributed by atoms with E-state index in [0.29, 0.717) is 10.5 Å². The number of aromatic nitrogens is 3. The summed E-state index contributed by atoms with van der Waals surface area (Å²) in [7, 11) is 1.69. The molecule has 2 heterocycles. The van der Waals surface area contributed by atoms with Gasteiger partial charge in [-0.15, -0.1) is 0 Å². The quantitative estimate of drug-likeness (QED) is 0.779. The van der Waals surface area contributed by atoms with E-state index in [0.717, 1.165) is 10.3 Å². The fourth-order valence-electron chi connectivity index (χ4n) is 1.92. The van der Waals surface area contributed by atoms with Crippen molar-refractivity contribution >= 4 is 28.7 Å². The first kappa shape index (κ1) is 12.7. The largest absolute Gasteiger partial charge is 0.368 e. The van der Waals surface area contributed by atoms with Crippen molar-refractivity contribution in [3.05, 3.63) is 52.9 Å². The maximum absolute atomic E-state index is 12.3. The molecule has 0 atom stereocenters. The summed E-state index contributed by atoms with van der Waals surface area (Å²) >= 11 is 1.43. The van der Waals surface area contributed by atoms with Gasteiger partial charge in [-0.1, -0.05) is 30.0 Å². The Bertz CT molecular complexity index is 830. The number of nitrogens with two attached hydrogens (primary N) is 1. The second kappa shape index (κ2) is 4.97. The highest BCUT2D eigenvalue weighted by Crippen LogP contribution is 2.26. The fourth-order valence-corrected chi connectivity index (χ4v) is 2.88. The highest BCUT2D eigenvalue weighted by molar-refractivity contribution is 7.99. The minimum absolute atomic E-state index is 0.0931. The predicted octanol–water partition coefficient (Wildman–Crippen LogP) is 2.06. The summed E-state index contributed by atoms with van der Waals surface area (Å²) in [5.41, 5.74) is 6.01. The molecule has 0 saturated heterocycles. The van der Waals surface area contributed by atoms with Gasteiger partial charge in [0.25, 0.3) is 5.56 Å². The molecule has 3 aromatic rings. The number of pyridine rings is 1. The molecule has 100 valence electrons. The Kier molecular flexibility index (Phi) is 3.15. The minimum atomic E-state index is -0.0931. The van der Waals surface area contributed by atoms with Crippen molar-refractivity contribution in [1.29, 1.82) is 0 Å². The number of nitrogen functional groups attached to an aromatic ring is 1. The van der Waals surface area contributed by atoms with Crippen LogP contribution in [0, 0.1) is 0 Å². The molecule has 6 heteroatoms. The molecule has 0 amide bonds. The number of hydrogen-bond acceptors (Lipinski definition) is 5. The second-order valence-electron chi connectivity index (χ2n) is 4.30. The van der Waals surface area contributed by atoms with Crippen molar-refractivity contribution in [2.75, 3.05) is 5.73 Å². The van der Waals surface area contributed by atoms with Gasteiger partial charge < -0.3 is 5.73 Å². The molecule has 0 spiro atoms. The zero-order chi connectivity index (χ0) is 14.1. The number of aryl methyl sites for hydroxylation is 1. The van der Waals surface area contributed by atoms with Crippen LogP contribution in [0.25, 0.3) is 11.0 Å². The molecule has 0 aliphatic carbocycles. The molecule has 2 N–H and O–H groups in total. The zero-order valence-corrected chi connectivity index (χ0v) is 11.6. The van der Waals surface area contributed by atoms with Crippen LogP contribution in [0.5, 0.6) is 0 Å². The van der Waals surface area contributed by atoms with Crippen LogP contribution in [0.1, 0.15) is 0 Å². The van der Waals surface area contributed by atoms with Crippen molar-refractivity contribution in [2.45, 2.75) is 9.79 Å². The summed E-state index contributed by atoms with van der Waals surface area (Å²) in [6.07, 6.45) is 1.63. The van der Waals surface area contributed by atoms with Crippen molar-refractivity contribution in [3.8, 4) is 0 Å². The van der Waals surface area contributed by atoms with Crippen LogP contribution in [0.4, 0.5) is 5.95 Å². The first-order chi connectivity index (χ1) is 9.65. The van der Waals surface area contributed by atoms with E-state index in [1.54, 1.807) is 19.3 Å². The summed E-state index contributed by atoms with van der Waals surface area (Å²) in [5, 5.41) is 0.791. The SMILES string of the molecule is Cn1c(=O)c(Sc2ccccc2)cc2cnc(N)nc21. The molecule has 0 bridgehead atoms. The molecule has 3 rings (SSSR count). The maximum Gasteiger partial charge on any atom is 0.265 e. The van der Waals surface area contributed by atoms with Crippen LogP contribution in [-0.4, -0.2) is 14.5 Å². The van der Waals surface area contributed by atoms with Crippen LogP contribution in [0.2, 0.25) is 0 Å². The molecule has 0 saturated carbocycles. The van der Waals surface area contributed by atoms with Crippen molar-refractivity contribution in [1.82, 2.24) is 14.5 Å². The third-order valence-corrected chi connectivity index (χ3v) is 3.93. The topological polar surface area (TPSA) is 73.8 Å². The maximum atomic E-state index is 12.3. The van der Waals surface area contributed by atoms with Crippen LogP contribution >= 0.6 is 11.8 Å². The lowest BCUT2D eigenvalue weighted by molar-refractivity contribution is 0.858. The van der Waals surface area contributed by atoms with Crippen molar-refractivity contribution in [2.24, 2.45) is 7.05 Å².